The number of esters is 2. The Hall–Kier alpha value is -1.19. The summed E-state index contributed by atoms with van der Waals surface area (Å²) in [5.41, 5.74) is 0. The van der Waals surface area contributed by atoms with Crippen LogP contribution < -0.4 is 9.86 Å². The molecule has 8 nitrogen and oxygen atoms in total. The van der Waals surface area contributed by atoms with Crippen LogP contribution in [0.25, 0.3) is 0 Å². The smallest absolute Gasteiger partial charge is 0.321 e. The molecule has 0 aromatic heterocycles. The van der Waals surface area contributed by atoms with Gasteiger partial charge in [-0.2, -0.15) is 8.42 Å². The fourth-order valence-corrected chi connectivity index (χ4v) is 1.01. The molecule has 0 aromatic rings. The summed E-state index contributed by atoms with van der Waals surface area (Å²) in [5, 5.41) is 4.54. The predicted molar refractivity (Wildman–Crippen MR) is 36.8 cm³/mol. The minimum atomic E-state index is -4.08. The lowest BCUT2D eigenvalue weighted by Crippen LogP contribution is -2.47. The average Bonchev–Trinajstić information content (AvgIpc) is 1.78. The highest BCUT2D eigenvalue weighted by molar-refractivity contribution is 7.87. The molecule has 0 spiro atoms. The lowest BCUT2D eigenvalue weighted by atomic mass is 10.4. The molecule has 0 radical (unpaired) electrons. The highest BCUT2D eigenvalue weighted by atomic mass is 32.2. The minimum Gasteiger partial charge on any atom is -0.410 e. The molecule has 0 amide bonds. The van der Waals surface area contributed by atoms with Crippen molar-refractivity contribution in [3.05, 3.63) is 0 Å². The Morgan fingerprint density at radius 2 is 1.77 bits per heavy atom. The van der Waals surface area contributed by atoms with E-state index in [-0.39, 0.29) is 0 Å². The fraction of sp³-hybridized carbons (Fsp3) is 0.500. The van der Waals surface area contributed by atoms with E-state index >= 15 is 0 Å². The summed E-state index contributed by atoms with van der Waals surface area (Å²) in [6.07, 6.45) is -2.20. The van der Waals surface area contributed by atoms with E-state index in [0.29, 0.717) is 0 Å². The number of carbonyl (C=O) groups is 2. The van der Waals surface area contributed by atoms with Gasteiger partial charge >= 0.3 is 18.4 Å². The maximum atomic E-state index is 10.6. The van der Waals surface area contributed by atoms with Gasteiger partial charge in [-0.05, 0) is 0 Å². The van der Waals surface area contributed by atoms with Crippen LogP contribution in [0.2, 0.25) is 0 Å². The molecule has 1 fully saturated rings. The monoisotopic (exact) mass is 210 g/mol. The molecule has 1 aliphatic rings. The first-order valence-corrected chi connectivity index (χ1v) is 4.60. The Kier molecular flexibility index (Phi) is 2.50. The van der Waals surface area contributed by atoms with Crippen molar-refractivity contribution in [1.29, 1.82) is 0 Å². The molecule has 0 aromatic carbocycles. The maximum Gasteiger partial charge on any atom is 0.321 e. The van der Waals surface area contributed by atoms with Crippen LogP contribution in [-0.2, 0) is 29.3 Å². The summed E-state index contributed by atoms with van der Waals surface area (Å²) in [6, 6.07) is 0. The molecule has 9 heteroatoms. The third-order valence-electron chi connectivity index (χ3n) is 1.03. The Bertz CT molecular complexity index is 319. The lowest BCUT2D eigenvalue weighted by Gasteiger charge is -2.21. The van der Waals surface area contributed by atoms with Gasteiger partial charge in [0.15, 0.2) is 0 Å². The van der Waals surface area contributed by atoms with Crippen molar-refractivity contribution in [3.63, 3.8) is 0 Å². The molecule has 0 aliphatic carbocycles. The Morgan fingerprint density at radius 1 is 1.31 bits per heavy atom. The summed E-state index contributed by atoms with van der Waals surface area (Å²) in [7, 11) is -4.08. The summed E-state index contributed by atoms with van der Waals surface area (Å²) in [5.74, 6) is -1.75. The Labute approximate surface area is 73.2 Å². The predicted octanol–water partition coefficient (Wildman–Crippen LogP) is -2.45. The van der Waals surface area contributed by atoms with Crippen LogP contribution in [0.3, 0.4) is 0 Å². The van der Waals surface area contributed by atoms with E-state index in [1.54, 1.807) is 4.72 Å². The Balaban J connectivity index is 2.61. The van der Waals surface area contributed by atoms with Gasteiger partial charge in [0, 0.05) is 0 Å². The molecule has 0 saturated carbocycles. The van der Waals surface area contributed by atoms with E-state index in [1.807, 2.05) is 0 Å². The van der Waals surface area contributed by atoms with Crippen molar-refractivity contribution < 1.29 is 27.5 Å². The molecular formula is C4H6N2O6S. The van der Waals surface area contributed by atoms with Crippen LogP contribution in [-0.4, -0.2) is 26.8 Å². The third-order valence-corrected chi connectivity index (χ3v) is 1.55. The lowest BCUT2D eigenvalue weighted by molar-refractivity contribution is -0.204. The van der Waals surface area contributed by atoms with Gasteiger partial charge in [0.25, 0.3) is 10.2 Å². The molecule has 0 unspecified atom stereocenters. The van der Waals surface area contributed by atoms with E-state index in [2.05, 4.69) is 14.6 Å². The summed E-state index contributed by atoms with van der Waals surface area (Å²) in [4.78, 5) is 21.1. The molecule has 0 bridgehead atoms. The first-order valence-electron chi connectivity index (χ1n) is 3.06. The second-order valence-electron chi connectivity index (χ2n) is 2.15. The minimum absolute atomic E-state index is 0.539. The zero-order valence-corrected chi connectivity index (χ0v) is 7.04. The van der Waals surface area contributed by atoms with Gasteiger partial charge < -0.3 is 9.47 Å². The van der Waals surface area contributed by atoms with Gasteiger partial charge in [-0.3, -0.25) is 9.59 Å². The van der Waals surface area contributed by atoms with Crippen LogP contribution in [0.15, 0.2) is 0 Å². The van der Waals surface area contributed by atoms with Gasteiger partial charge in [0.05, 0.1) is 0 Å². The molecule has 3 N–H and O–H groups in total. The van der Waals surface area contributed by atoms with Crippen molar-refractivity contribution in [2.45, 2.75) is 12.8 Å². The van der Waals surface area contributed by atoms with Crippen LogP contribution in [0.1, 0.15) is 6.42 Å². The highest BCUT2D eigenvalue weighted by Gasteiger charge is 2.29. The first kappa shape index (κ1) is 9.89. The average molecular weight is 210 g/mol. The van der Waals surface area contributed by atoms with E-state index in [4.69, 9.17) is 0 Å². The summed E-state index contributed by atoms with van der Waals surface area (Å²) < 4.78 is 30.9. The van der Waals surface area contributed by atoms with Crippen LogP contribution in [0.5, 0.6) is 0 Å². The molecule has 1 heterocycles. The summed E-state index contributed by atoms with van der Waals surface area (Å²) in [6.45, 7) is 0. The fourth-order valence-electron chi connectivity index (χ4n) is 0.646. The van der Waals surface area contributed by atoms with Crippen molar-refractivity contribution in [3.8, 4) is 0 Å². The maximum absolute atomic E-state index is 10.6. The van der Waals surface area contributed by atoms with E-state index in [0.717, 1.165) is 0 Å². The zero-order chi connectivity index (χ0) is 10.1. The van der Waals surface area contributed by atoms with Crippen LogP contribution in [0.4, 0.5) is 0 Å². The molecule has 1 rings (SSSR count). The zero-order valence-electron chi connectivity index (χ0n) is 6.22. The quantitative estimate of drug-likeness (QED) is 0.385. The number of ether oxygens (including phenoxy) is 2. The molecule has 1 aliphatic heterocycles. The number of nitrogens with two attached hydrogens (primary N) is 1. The Morgan fingerprint density at radius 3 is 2.15 bits per heavy atom. The number of nitrogens with one attached hydrogen (secondary N) is 1. The number of hydrogen-bond donors (Lipinski definition) is 2. The second kappa shape index (κ2) is 3.28. The topological polar surface area (TPSA) is 125 Å². The van der Waals surface area contributed by atoms with E-state index < -0.39 is 35.0 Å². The number of carbonyl (C=O) groups excluding carboxylic acids is 2. The summed E-state index contributed by atoms with van der Waals surface area (Å²) >= 11 is 0. The number of rotatable bonds is 2. The third kappa shape index (κ3) is 3.36. The van der Waals surface area contributed by atoms with Gasteiger partial charge in [-0.1, -0.05) is 0 Å². The SMILES string of the molecule is NS(=O)(=O)NC1OC(=O)CC(=O)O1. The van der Waals surface area contributed by atoms with Crippen molar-refractivity contribution >= 4 is 22.1 Å². The largest absolute Gasteiger partial charge is 0.410 e. The molecule has 13 heavy (non-hydrogen) atoms. The molecule has 74 valence electrons. The van der Waals surface area contributed by atoms with Gasteiger partial charge in [0.1, 0.15) is 6.42 Å². The van der Waals surface area contributed by atoms with Crippen LogP contribution in [0, 0.1) is 0 Å². The van der Waals surface area contributed by atoms with Gasteiger partial charge in [-0.25, -0.2) is 5.14 Å². The van der Waals surface area contributed by atoms with Crippen molar-refractivity contribution in [2.24, 2.45) is 5.14 Å². The number of cyclic esters (lactones) is 2. The normalized spacial score (nSPS) is 19.5. The van der Waals surface area contributed by atoms with Crippen molar-refractivity contribution in [2.75, 3.05) is 0 Å². The van der Waals surface area contributed by atoms with Gasteiger partial charge in [0.2, 0.25) is 0 Å². The van der Waals surface area contributed by atoms with E-state index in [1.165, 1.54) is 0 Å². The standard InChI is InChI=1S/C4H6N2O6S/c5-13(9,10)6-4-11-2(7)1-3(8)12-4/h4,6H,1H2,(H2,5,9,10). The molecule has 1 saturated heterocycles. The van der Waals surface area contributed by atoms with E-state index in [9.17, 15) is 18.0 Å². The van der Waals surface area contributed by atoms with Crippen LogP contribution >= 0.6 is 0 Å². The molecular weight excluding hydrogens is 204 g/mol. The van der Waals surface area contributed by atoms with Crippen molar-refractivity contribution in [1.82, 2.24) is 4.72 Å². The first-order chi connectivity index (χ1) is 5.87. The molecule has 0 atom stereocenters. The highest BCUT2D eigenvalue weighted by Crippen LogP contribution is 2.05. The number of hydrogen-bond acceptors (Lipinski definition) is 6. The van der Waals surface area contributed by atoms with Gasteiger partial charge in [-0.15, -0.1) is 4.72 Å². The second-order valence-corrected chi connectivity index (χ2v) is 3.48.